The summed E-state index contributed by atoms with van der Waals surface area (Å²) in [7, 11) is 0. The minimum Gasteiger partial charge on any atom is -0.381 e. The molecule has 3 N–H and O–H groups in total. The van der Waals surface area contributed by atoms with Crippen molar-refractivity contribution in [3.63, 3.8) is 0 Å². The molecule has 0 spiro atoms. The molecule has 104 valence electrons. The molecule has 1 heterocycles. The van der Waals surface area contributed by atoms with Crippen LogP contribution in [0.2, 0.25) is 5.02 Å². The van der Waals surface area contributed by atoms with Crippen LogP contribution in [0.15, 0.2) is 24.3 Å². The molecule has 1 amide bonds. The molecule has 5 heteroatoms. The molecule has 1 atom stereocenters. The van der Waals surface area contributed by atoms with Crippen molar-refractivity contribution in [1.29, 1.82) is 0 Å². The lowest BCUT2D eigenvalue weighted by Crippen LogP contribution is -2.46. The highest BCUT2D eigenvalue weighted by atomic mass is 35.5. The van der Waals surface area contributed by atoms with Crippen LogP contribution in [0.3, 0.4) is 0 Å². The molecule has 0 saturated carbocycles. The average molecular weight is 283 g/mol. The number of nitrogens with one attached hydrogen (secondary N) is 1. The van der Waals surface area contributed by atoms with Gasteiger partial charge >= 0.3 is 0 Å². The summed E-state index contributed by atoms with van der Waals surface area (Å²) in [6.07, 6.45) is 1.70. The lowest BCUT2D eigenvalue weighted by Gasteiger charge is -2.26. The van der Waals surface area contributed by atoms with Gasteiger partial charge in [-0.3, -0.25) is 4.79 Å². The van der Waals surface area contributed by atoms with Gasteiger partial charge in [0.05, 0.1) is 6.04 Å². The standard InChI is InChI=1S/C14H19ClN2O2/c15-12-4-2-1-3-11(12)9-17-14(18)13(16)10-5-7-19-8-6-10/h1-4,10,13H,5-9,16H2,(H,17,18). The highest BCUT2D eigenvalue weighted by Gasteiger charge is 2.26. The van der Waals surface area contributed by atoms with Crippen molar-refractivity contribution in [1.82, 2.24) is 5.32 Å². The Morgan fingerprint density at radius 3 is 2.79 bits per heavy atom. The quantitative estimate of drug-likeness (QED) is 0.884. The normalized spacial score (nSPS) is 18.0. The maximum absolute atomic E-state index is 12.0. The van der Waals surface area contributed by atoms with E-state index in [9.17, 15) is 4.79 Å². The number of carbonyl (C=O) groups excluding carboxylic acids is 1. The lowest BCUT2D eigenvalue weighted by atomic mass is 9.92. The van der Waals surface area contributed by atoms with E-state index < -0.39 is 6.04 Å². The van der Waals surface area contributed by atoms with Crippen LogP contribution in [0.1, 0.15) is 18.4 Å². The first-order valence-electron chi connectivity index (χ1n) is 6.53. The van der Waals surface area contributed by atoms with Gasteiger partial charge in [0.25, 0.3) is 0 Å². The molecule has 1 aliphatic heterocycles. The maximum Gasteiger partial charge on any atom is 0.237 e. The van der Waals surface area contributed by atoms with E-state index in [4.69, 9.17) is 22.1 Å². The van der Waals surface area contributed by atoms with Crippen LogP contribution in [0.5, 0.6) is 0 Å². The fourth-order valence-corrected chi connectivity index (χ4v) is 2.43. The second kappa shape index (κ2) is 6.89. The molecule has 19 heavy (non-hydrogen) atoms. The average Bonchev–Trinajstić information content (AvgIpc) is 2.46. The Bertz CT molecular complexity index is 433. The zero-order valence-electron chi connectivity index (χ0n) is 10.8. The van der Waals surface area contributed by atoms with E-state index in [1.165, 1.54) is 0 Å². The molecular weight excluding hydrogens is 264 g/mol. The summed E-state index contributed by atoms with van der Waals surface area (Å²) in [5.74, 6) is 0.0896. The van der Waals surface area contributed by atoms with Gasteiger partial charge < -0.3 is 15.8 Å². The highest BCUT2D eigenvalue weighted by molar-refractivity contribution is 6.31. The van der Waals surface area contributed by atoms with Crippen LogP contribution in [0.25, 0.3) is 0 Å². The molecule has 1 aromatic carbocycles. The minimum atomic E-state index is -0.466. The van der Waals surface area contributed by atoms with Crippen LogP contribution < -0.4 is 11.1 Å². The van der Waals surface area contributed by atoms with Crippen molar-refractivity contribution in [2.45, 2.75) is 25.4 Å². The van der Waals surface area contributed by atoms with Crippen molar-refractivity contribution in [2.75, 3.05) is 13.2 Å². The molecule has 0 aromatic heterocycles. The second-order valence-electron chi connectivity index (χ2n) is 4.78. The number of benzene rings is 1. The van der Waals surface area contributed by atoms with Crippen LogP contribution in [-0.4, -0.2) is 25.2 Å². The predicted octanol–water partition coefficient (Wildman–Crippen LogP) is 1.71. The summed E-state index contributed by atoms with van der Waals surface area (Å²) >= 11 is 6.04. The summed E-state index contributed by atoms with van der Waals surface area (Å²) in [6, 6.07) is 6.99. The number of halogens is 1. The molecule has 0 bridgehead atoms. The Labute approximate surface area is 118 Å². The van der Waals surface area contributed by atoms with E-state index in [-0.39, 0.29) is 11.8 Å². The first-order valence-corrected chi connectivity index (χ1v) is 6.90. The third kappa shape index (κ3) is 3.93. The molecule has 0 radical (unpaired) electrons. The molecule has 1 aromatic rings. The molecule has 2 rings (SSSR count). The van der Waals surface area contributed by atoms with E-state index >= 15 is 0 Å². The number of carbonyl (C=O) groups is 1. The van der Waals surface area contributed by atoms with Crippen LogP contribution in [0.4, 0.5) is 0 Å². The molecular formula is C14H19ClN2O2. The third-order valence-corrected chi connectivity index (χ3v) is 3.86. The fraction of sp³-hybridized carbons (Fsp3) is 0.500. The van der Waals surface area contributed by atoms with Gasteiger partial charge in [-0.1, -0.05) is 29.8 Å². The van der Waals surface area contributed by atoms with Crippen molar-refractivity contribution < 1.29 is 9.53 Å². The van der Waals surface area contributed by atoms with Gasteiger partial charge in [0.1, 0.15) is 0 Å². The van der Waals surface area contributed by atoms with E-state index in [2.05, 4.69) is 5.32 Å². The van der Waals surface area contributed by atoms with Crippen LogP contribution in [0, 0.1) is 5.92 Å². The predicted molar refractivity (Wildman–Crippen MR) is 74.8 cm³/mol. The fourth-order valence-electron chi connectivity index (χ4n) is 2.23. The number of hydrogen-bond donors (Lipinski definition) is 2. The number of hydrogen-bond acceptors (Lipinski definition) is 3. The number of rotatable bonds is 4. The summed E-state index contributed by atoms with van der Waals surface area (Å²) in [4.78, 5) is 12.0. The number of amides is 1. The highest BCUT2D eigenvalue weighted by Crippen LogP contribution is 2.18. The van der Waals surface area contributed by atoms with Crippen molar-refractivity contribution in [3.8, 4) is 0 Å². The van der Waals surface area contributed by atoms with Crippen LogP contribution in [-0.2, 0) is 16.1 Å². The topological polar surface area (TPSA) is 64.4 Å². The molecule has 1 unspecified atom stereocenters. The zero-order chi connectivity index (χ0) is 13.7. The van der Waals surface area contributed by atoms with E-state index in [0.29, 0.717) is 24.8 Å². The Morgan fingerprint density at radius 2 is 2.11 bits per heavy atom. The molecule has 1 aliphatic rings. The largest absolute Gasteiger partial charge is 0.381 e. The maximum atomic E-state index is 12.0. The third-order valence-electron chi connectivity index (χ3n) is 3.49. The van der Waals surface area contributed by atoms with Crippen molar-refractivity contribution >= 4 is 17.5 Å². The van der Waals surface area contributed by atoms with Gasteiger partial charge in [-0.05, 0) is 30.4 Å². The van der Waals surface area contributed by atoms with Crippen molar-refractivity contribution in [2.24, 2.45) is 11.7 Å². The minimum absolute atomic E-state index is 0.119. The van der Waals surface area contributed by atoms with Gasteiger partial charge in [0.2, 0.25) is 5.91 Å². The van der Waals surface area contributed by atoms with E-state index in [1.54, 1.807) is 6.07 Å². The summed E-state index contributed by atoms with van der Waals surface area (Å²) in [5, 5.41) is 3.50. The SMILES string of the molecule is NC(C(=O)NCc1ccccc1Cl)C1CCOCC1. The smallest absolute Gasteiger partial charge is 0.237 e. The number of nitrogens with two attached hydrogens (primary N) is 1. The van der Waals surface area contributed by atoms with Gasteiger partial charge in [-0.2, -0.15) is 0 Å². The molecule has 1 saturated heterocycles. The first kappa shape index (κ1) is 14.3. The van der Waals surface area contributed by atoms with E-state index in [0.717, 1.165) is 18.4 Å². The first-order chi connectivity index (χ1) is 9.18. The molecule has 4 nitrogen and oxygen atoms in total. The summed E-state index contributed by atoms with van der Waals surface area (Å²) in [6.45, 7) is 1.79. The Morgan fingerprint density at radius 1 is 1.42 bits per heavy atom. The van der Waals surface area contributed by atoms with Gasteiger partial charge in [-0.15, -0.1) is 0 Å². The van der Waals surface area contributed by atoms with Gasteiger partial charge in [-0.25, -0.2) is 0 Å². The number of ether oxygens (including phenoxy) is 1. The van der Waals surface area contributed by atoms with Gasteiger partial charge in [0.15, 0.2) is 0 Å². The second-order valence-corrected chi connectivity index (χ2v) is 5.19. The molecule has 0 aliphatic carbocycles. The van der Waals surface area contributed by atoms with Crippen molar-refractivity contribution in [3.05, 3.63) is 34.9 Å². The lowest BCUT2D eigenvalue weighted by molar-refractivity contribution is -0.124. The Balaban J connectivity index is 1.85. The summed E-state index contributed by atoms with van der Waals surface area (Å²) in [5.41, 5.74) is 6.89. The monoisotopic (exact) mass is 282 g/mol. The Hall–Kier alpha value is -1.10. The molecule has 1 fully saturated rings. The van der Waals surface area contributed by atoms with Crippen LogP contribution >= 0.6 is 11.6 Å². The Kier molecular flexibility index (Phi) is 5.19. The van der Waals surface area contributed by atoms with Gasteiger partial charge in [0, 0.05) is 24.8 Å². The zero-order valence-corrected chi connectivity index (χ0v) is 11.5. The van der Waals surface area contributed by atoms with E-state index in [1.807, 2.05) is 18.2 Å². The summed E-state index contributed by atoms with van der Waals surface area (Å²) < 4.78 is 5.27.